The number of phenols is 1. The number of carbonyl (C=O) groups is 1. The van der Waals surface area contributed by atoms with Crippen molar-refractivity contribution in [2.75, 3.05) is 19.1 Å². The Morgan fingerprint density at radius 2 is 1.90 bits per heavy atom. The molecule has 0 bridgehead atoms. The third-order valence-electron chi connectivity index (χ3n) is 3.16. The van der Waals surface area contributed by atoms with Crippen LogP contribution >= 0.6 is 11.6 Å². The lowest BCUT2D eigenvalue weighted by molar-refractivity contribution is 0.0600. The molecule has 1 N–H and O–H groups in total. The Morgan fingerprint density at radius 3 is 2.52 bits per heavy atom. The number of hydrogen-bond acceptors (Lipinski definition) is 4. The van der Waals surface area contributed by atoms with Crippen LogP contribution in [0.15, 0.2) is 42.5 Å². The van der Waals surface area contributed by atoms with E-state index in [2.05, 4.69) is 0 Å². The van der Waals surface area contributed by atoms with Gasteiger partial charge in [0.15, 0.2) is 0 Å². The highest BCUT2D eigenvalue weighted by Crippen LogP contribution is 2.23. The molecule has 0 aliphatic heterocycles. The first-order valence-electron chi connectivity index (χ1n) is 6.38. The van der Waals surface area contributed by atoms with Gasteiger partial charge in [-0.3, -0.25) is 0 Å². The normalized spacial score (nSPS) is 10.2. The lowest BCUT2D eigenvalue weighted by Gasteiger charge is -2.20. The summed E-state index contributed by atoms with van der Waals surface area (Å²) in [4.78, 5) is 13.5. The number of halogens is 1. The number of benzene rings is 2. The predicted molar refractivity (Wildman–Crippen MR) is 83.0 cm³/mol. The first-order valence-corrected chi connectivity index (χ1v) is 6.76. The number of ether oxygens (including phenoxy) is 1. The van der Waals surface area contributed by atoms with Crippen LogP contribution in [0.3, 0.4) is 0 Å². The van der Waals surface area contributed by atoms with Crippen molar-refractivity contribution in [1.29, 1.82) is 0 Å². The Labute approximate surface area is 128 Å². The third-order valence-corrected chi connectivity index (χ3v) is 3.53. The van der Waals surface area contributed by atoms with Crippen LogP contribution in [-0.4, -0.2) is 25.2 Å². The first kappa shape index (κ1) is 15.2. The zero-order valence-corrected chi connectivity index (χ0v) is 12.6. The molecule has 2 aromatic carbocycles. The van der Waals surface area contributed by atoms with Crippen molar-refractivity contribution in [1.82, 2.24) is 0 Å². The summed E-state index contributed by atoms with van der Waals surface area (Å²) in [7, 11) is 3.26. The van der Waals surface area contributed by atoms with E-state index in [0.29, 0.717) is 17.1 Å². The highest BCUT2D eigenvalue weighted by molar-refractivity contribution is 6.31. The molecule has 0 aliphatic carbocycles. The van der Waals surface area contributed by atoms with Gasteiger partial charge in [0, 0.05) is 24.3 Å². The van der Waals surface area contributed by atoms with E-state index in [1.54, 1.807) is 30.3 Å². The minimum atomic E-state index is -0.389. The van der Waals surface area contributed by atoms with E-state index >= 15 is 0 Å². The van der Waals surface area contributed by atoms with Gasteiger partial charge in [-0.25, -0.2) is 4.79 Å². The summed E-state index contributed by atoms with van der Waals surface area (Å²) >= 11 is 6.18. The average molecular weight is 306 g/mol. The van der Waals surface area contributed by atoms with Crippen LogP contribution in [0.5, 0.6) is 5.75 Å². The zero-order valence-electron chi connectivity index (χ0n) is 11.8. The third kappa shape index (κ3) is 3.67. The van der Waals surface area contributed by atoms with Gasteiger partial charge in [0.2, 0.25) is 0 Å². The number of carbonyl (C=O) groups excluding carboxylic acids is 1. The van der Waals surface area contributed by atoms with Crippen molar-refractivity contribution in [3.8, 4) is 5.75 Å². The van der Waals surface area contributed by atoms with Crippen molar-refractivity contribution in [2.45, 2.75) is 6.54 Å². The van der Waals surface area contributed by atoms with Gasteiger partial charge in [-0.1, -0.05) is 11.6 Å². The summed E-state index contributed by atoms with van der Waals surface area (Å²) < 4.78 is 4.71. The van der Waals surface area contributed by atoms with Crippen LogP contribution in [0.2, 0.25) is 5.02 Å². The molecule has 0 spiro atoms. The molecule has 110 valence electrons. The maximum absolute atomic E-state index is 11.6. The van der Waals surface area contributed by atoms with Gasteiger partial charge < -0.3 is 14.7 Å². The Balaban J connectivity index is 2.22. The molecule has 0 fully saturated rings. The lowest BCUT2D eigenvalue weighted by atomic mass is 10.1. The minimum absolute atomic E-state index is 0.220. The highest BCUT2D eigenvalue weighted by Gasteiger charge is 2.11. The molecule has 2 aromatic rings. The molecule has 0 atom stereocenters. The van der Waals surface area contributed by atoms with E-state index < -0.39 is 0 Å². The van der Waals surface area contributed by atoms with Gasteiger partial charge in [-0.2, -0.15) is 0 Å². The van der Waals surface area contributed by atoms with Gasteiger partial charge >= 0.3 is 5.97 Å². The second-order valence-corrected chi connectivity index (χ2v) is 5.08. The number of rotatable bonds is 4. The minimum Gasteiger partial charge on any atom is -0.508 e. The Bertz CT molecular complexity index is 640. The molecule has 0 radical (unpaired) electrons. The predicted octanol–water partition coefficient (Wildman–Crippen LogP) is 3.47. The Kier molecular flexibility index (Phi) is 4.70. The summed E-state index contributed by atoms with van der Waals surface area (Å²) in [5.41, 5.74) is 2.23. The summed E-state index contributed by atoms with van der Waals surface area (Å²) in [6.07, 6.45) is 0. The molecule has 5 heteroatoms. The summed E-state index contributed by atoms with van der Waals surface area (Å²) in [6.45, 7) is 0.536. The molecule has 0 unspecified atom stereocenters. The number of esters is 1. The molecular formula is C16H16ClNO3. The summed E-state index contributed by atoms with van der Waals surface area (Å²) in [5, 5.41) is 9.90. The van der Waals surface area contributed by atoms with Gasteiger partial charge in [0.05, 0.1) is 12.7 Å². The van der Waals surface area contributed by atoms with Gasteiger partial charge in [-0.05, 0) is 48.0 Å². The van der Waals surface area contributed by atoms with Crippen molar-refractivity contribution >= 4 is 23.3 Å². The highest BCUT2D eigenvalue weighted by atomic mass is 35.5. The molecule has 0 saturated carbocycles. The van der Waals surface area contributed by atoms with Gasteiger partial charge in [0.1, 0.15) is 5.75 Å². The lowest BCUT2D eigenvalue weighted by Crippen LogP contribution is -2.17. The van der Waals surface area contributed by atoms with E-state index in [9.17, 15) is 9.90 Å². The largest absolute Gasteiger partial charge is 0.508 e. The van der Waals surface area contributed by atoms with E-state index in [1.165, 1.54) is 7.11 Å². The topological polar surface area (TPSA) is 49.8 Å². The van der Waals surface area contributed by atoms with Crippen LogP contribution < -0.4 is 4.90 Å². The smallest absolute Gasteiger partial charge is 0.337 e. The van der Waals surface area contributed by atoms with Gasteiger partial charge in [0.25, 0.3) is 0 Å². The van der Waals surface area contributed by atoms with Crippen LogP contribution in [0.1, 0.15) is 15.9 Å². The molecule has 0 amide bonds. The fourth-order valence-corrected chi connectivity index (χ4v) is 2.17. The van der Waals surface area contributed by atoms with Gasteiger partial charge in [-0.15, -0.1) is 0 Å². The average Bonchev–Trinajstić information content (AvgIpc) is 2.49. The maximum atomic E-state index is 11.6. The fraction of sp³-hybridized carbons (Fsp3) is 0.188. The van der Waals surface area contributed by atoms with Crippen molar-refractivity contribution < 1.29 is 14.6 Å². The molecule has 0 heterocycles. The molecule has 4 nitrogen and oxygen atoms in total. The molecular weight excluding hydrogens is 290 g/mol. The number of anilines is 1. The van der Waals surface area contributed by atoms with E-state index in [0.717, 1.165) is 11.3 Å². The van der Waals surface area contributed by atoms with Crippen LogP contribution in [0.4, 0.5) is 5.69 Å². The Hall–Kier alpha value is -2.20. The molecule has 0 aromatic heterocycles. The van der Waals surface area contributed by atoms with Crippen molar-refractivity contribution in [3.05, 3.63) is 58.6 Å². The quantitative estimate of drug-likeness (QED) is 0.879. The number of hydrogen-bond donors (Lipinski definition) is 1. The van der Waals surface area contributed by atoms with Crippen molar-refractivity contribution in [2.24, 2.45) is 0 Å². The number of nitrogens with zero attached hydrogens (tertiary/aromatic N) is 1. The number of methoxy groups -OCH3 is 1. The number of aromatic hydroxyl groups is 1. The van der Waals surface area contributed by atoms with Crippen molar-refractivity contribution in [3.63, 3.8) is 0 Å². The molecule has 0 saturated heterocycles. The van der Waals surface area contributed by atoms with Crippen LogP contribution in [0.25, 0.3) is 0 Å². The molecule has 21 heavy (non-hydrogen) atoms. The second kappa shape index (κ2) is 6.50. The van der Waals surface area contributed by atoms with Crippen LogP contribution in [-0.2, 0) is 11.3 Å². The summed E-state index contributed by atoms with van der Waals surface area (Å²) in [6, 6.07) is 11.9. The summed E-state index contributed by atoms with van der Waals surface area (Å²) in [5.74, 6) is -0.168. The fourth-order valence-electron chi connectivity index (χ4n) is 1.99. The number of phenolic OH excluding ortho intramolecular Hbond substituents is 1. The monoisotopic (exact) mass is 305 g/mol. The van der Waals surface area contributed by atoms with E-state index in [4.69, 9.17) is 16.3 Å². The SMILES string of the molecule is COC(=O)c1ccc(Cl)c(CN(C)c2ccc(O)cc2)c1. The molecule has 2 rings (SSSR count). The van der Waals surface area contributed by atoms with E-state index in [1.807, 2.05) is 24.1 Å². The van der Waals surface area contributed by atoms with Crippen LogP contribution in [0, 0.1) is 0 Å². The first-order chi connectivity index (χ1) is 10.0. The Morgan fingerprint density at radius 1 is 1.24 bits per heavy atom. The maximum Gasteiger partial charge on any atom is 0.337 e. The molecule has 0 aliphatic rings. The zero-order chi connectivity index (χ0) is 15.4. The van der Waals surface area contributed by atoms with E-state index in [-0.39, 0.29) is 11.7 Å². The standard InChI is InChI=1S/C16H16ClNO3/c1-18(13-4-6-14(19)7-5-13)10-12-9-11(16(20)21-2)3-8-15(12)17/h3-9,19H,10H2,1-2H3. The second-order valence-electron chi connectivity index (χ2n) is 4.67.